The maximum Gasteiger partial charge on any atom is 0.311 e. The lowest BCUT2D eigenvalue weighted by molar-refractivity contribution is -0.148. The van der Waals surface area contributed by atoms with Gasteiger partial charge in [-0.05, 0) is 18.6 Å². The Hall–Kier alpha value is -1.84. The quantitative estimate of drug-likeness (QED) is 0.604. The summed E-state index contributed by atoms with van der Waals surface area (Å²) < 4.78 is 5.18. The molecule has 4 nitrogen and oxygen atoms in total. The van der Waals surface area contributed by atoms with E-state index in [9.17, 15) is 9.59 Å². The van der Waals surface area contributed by atoms with Gasteiger partial charge in [-0.3, -0.25) is 9.59 Å². The maximum absolute atomic E-state index is 11.9. The van der Waals surface area contributed by atoms with Crippen LogP contribution < -0.4 is 4.90 Å². The summed E-state index contributed by atoms with van der Waals surface area (Å²) in [6.07, 6.45) is 2.11. The molecule has 1 atom stereocenters. The van der Waals surface area contributed by atoms with Crippen molar-refractivity contribution in [2.45, 2.75) is 26.2 Å². The molecule has 0 radical (unpaired) electrons. The normalized spacial score (nSPS) is 18.7. The zero-order chi connectivity index (χ0) is 13.7. The molecular weight excluding hydrogens is 242 g/mol. The first-order valence-corrected chi connectivity index (χ1v) is 6.74. The number of para-hydroxylation sites is 1. The van der Waals surface area contributed by atoms with Crippen LogP contribution in [0.1, 0.15) is 26.2 Å². The number of nitrogens with zero attached hydrogens (tertiary/aromatic N) is 1. The van der Waals surface area contributed by atoms with Crippen molar-refractivity contribution in [3.8, 4) is 0 Å². The highest BCUT2D eigenvalue weighted by Gasteiger charge is 2.35. The summed E-state index contributed by atoms with van der Waals surface area (Å²) >= 11 is 0. The molecule has 1 aliphatic heterocycles. The average molecular weight is 261 g/mol. The molecule has 4 heteroatoms. The van der Waals surface area contributed by atoms with Crippen molar-refractivity contribution in [1.29, 1.82) is 0 Å². The molecule has 1 aliphatic rings. The molecule has 1 heterocycles. The van der Waals surface area contributed by atoms with E-state index in [0.717, 1.165) is 18.5 Å². The van der Waals surface area contributed by atoms with Crippen molar-refractivity contribution >= 4 is 17.6 Å². The molecular formula is C15H19NO3. The van der Waals surface area contributed by atoms with E-state index >= 15 is 0 Å². The fourth-order valence-electron chi connectivity index (χ4n) is 2.16. The van der Waals surface area contributed by atoms with Gasteiger partial charge < -0.3 is 9.64 Å². The summed E-state index contributed by atoms with van der Waals surface area (Å²) in [5.74, 6) is -0.589. The van der Waals surface area contributed by atoms with Crippen LogP contribution in [0.3, 0.4) is 0 Å². The van der Waals surface area contributed by atoms with Gasteiger partial charge in [-0.1, -0.05) is 31.5 Å². The van der Waals surface area contributed by atoms with Gasteiger partial charge in [0.05, 0.1) is 12.5 Å². The van der Waals surface area contributed by atoms with Crippen LogP contribution in [0.25, 0.3) is 0 Å². The fourth-order valence-corrected chi connectivity index (χ4v) is 2.16. The van der Waals surface area contributed by atoms with Gasteiger partial charge in [0.15, 0.2) is 0 Å². The third kappa shape index (κ3) is 3.34. The van der Waals surface area contributed by atoms with Gasteiger partial charge in [-0.2, -0.15) is 0 Å². The zero-order valence-corrected chi connectivity index (χ0v) is 11.2. The molecule has 0 spiro atoms. The molecule has 102 valence electrons. The number of anilines is 1. The highest BCUT2D eigenvalue weighted by molar-refractivity contribution is 5.99. The summed E-state index contributed by atoms with van der Waals surface area (Å²) in [6, 6.07) is 9.43. The van der Waals surface area contributed by atoms with Crippen molar-refractivity contribution in [3.63, 3.8) is 0 Å². The highest BCUT2D eigenvalue weighted by Crippen LogP contribution is 2.25. The van der Waals surface area contributed by atoms with Gasteiger partial charge in [0.2, 0.25) is 5.91 Å². The minimum absolute atomic E-state index is 0.0105. The van der Waals surface area contributed by atoms with Gasteiger partial charge >= 0.3 is 5.97 Å². The smallest absolute Gasteiger partial charge is 0.311 e. The number of hydrogen-bond acceptors (Lipinski definition) is 3. The van der Waals surface area contributed by atoms with Gasteiger partial charge in [-0.25, -0.2) is 0 Å². The standard InChI is InChI=1S/C15H19NO3/c1-2-3-9-19-15(18)12-10-14(17)16(11-12)13-7-5-4-6-8-13/h4-8,12H,2-3,9-11H2,1H3. The Morgan fingerprint density at radius 1 is 1.37 bits per heavy atom. The number of hydrogen-bond donors (Lipinski definition) is 0. The highest BCUT2D eigenvalue weighted by atomic mass is 16.5. The van der Waals surface area contributed by atoms with Crippen LogP contribution in [-0.2, 0) is 14.3 Å². The van der Waals surface area contributed by atoms with Crippen molar-refractivity contribution in [2.75, 3.05) is 18.1 Å². The Morgan fingerprint density at radius 2 is 2.11 bits per heavy atom. The van der Waals surface area contributed by atoms with Gasteiger partial charge in [0.25, 0.3) is 0 Å². The Labute approximate surface area is 113 Å². The van der Waals surface area contributed by atoms with Gasteiger partial charge in [0.1, 0.15) is 0 Å². The Morgan fingerprint density at radius 3 is 2.79 bits per heavy atom. The lowest BCUT2D eigenvalue weighted by atomic mass is 10.1. The molecule has 2 rings (SSSR count). The zero-order valence-electron chi connectivity index (χ0n) is 11.2. The van der Waals surface area contributed by atoms with Crippen molar-refractivity contribution in [1.82, 2.24) is 0 Å². The maximum atomic E-state index is 11.9. The Balaban J connectivity index is 1.94. The second-order valence-electron chi connectivity index (χ2n) is 4.76. The monoisotopic (exact) mass is 261 g/mol. The minimum atomic E-state index is -0.329. The summed E-state index contributed by atoms with van der Waals surface area (Å²) in [6.45, 7) is 2.92. The largest absolute Gasteiger partial charge is 0.465 e. The van der Waals surface area contributed by atoms with Crippen molar-refractivity contribution in [3.05, 3.63) is 30.3 Å². The Kier molecular flexibility index (Phi) is 4.55. The molecule has 1 aromatic carbocycles. The molecule has 1 fully saturated rings. The molecule has 1 unspecified atom stereocenters. The predicted octanol–water partition coefficient (Wildman–Crippen LogP) is 2.38. The SMILES string of the molecule is CCCCOC(=O)C1CC(=O)N(c2ccccc2)C1. The number of amides is 1. The van der Waals surface area contributed by atoms with Gasteiger partial charge in [0, 0.05) is 18.7 Å². The predicted molar refractivity (Wildman–Crippen MR) is 72.8 cm³/mol. The third-order valence-corrected chi connectivity index (χ3v) is 3.27. The van der Waals surface area contributed by atoms with E-state index in [1.54, 1.807) is 4.90 Å². The second kappa shape index (κ2) is 6.36. The Bertz CT molecular complexity index is 444. The van der Waals surface area contributed by atoms with Crippen LogP contribution in [0.5, 0.6) is 0 Å². The number of esters is 1. The first kappa shape index (κ1) is 13.6. The number of unbranched alkanes of at least 4 members (excludes halogenated alkanes) is 1. The summed E-state index contributed by atoms with van der Waals surface area (Å²) in [5, 5.41) is 0. The minimum Gasteiger partial charge on any atom is -0.465 e. The van der Waals surface area contributed by atoms with Crippen LogP contribution in [0.15, 0.2) is 30.3 Å². The van der Waals surface area contributed by atoms with Crippen LogP contribution in [0.2, 0.25) is 0 Å². The van der Waals surface area contributed by atoms with Crippen LogP contribution >= 0.6 is 0 Å². The van der Waals surface area contributed by atoms with E-state index in [0.29, 0.717) is 13.2 Å². The third-order valence-electron chi connectivity index (χ3n) is 3.27. The topological polar surface area (TPSA) is 46.6 Å². The molecule has 0 bridgehead atoms. The van der Waals surface area contributed by atoms with E-state index in [-0.39, 0.29) is 24.2 Å². The lowest BCUT2D eigenvalue weighted by Crippen LogP contribution is -2.26. The molecule has 1 saturated heterocycles. The van der Waals surface area contributed by atoms with Gasteiger partial charge in [-0.15, -0.1) is 0 Å². The van der Waals surface area contributed by atoms with Crippen LogP contribution in [0, 0.1) is 5.92 Å². The van der Waals surface area contributed by atoms with Crippen LogP contribution in [0.4, 0.5) is 5.69 Å². The fraction of sp³-hybridized carbons (Fsp3) is 0.467. The molecule has 1 amide bonds. The van der Waals surface area contributed by atoms with Crippen molar-refractivity contribution < 1.29 is 14.3 Å². The molecule has 0 saturated carbocycles. The first-order valence-electron chi connectivity index (χ1n) is 6.74. The molecule has 1 aromatic rings. The molecule has 0 N–H and O–H groups in total. The lowest BCUT2D eigenvalue weighted by Gasteiger charge is -2.16. The second-order valence-corrected chi connectivity index (χ2v) is 4.76. The number of benzene rings is 1. The van der Waals surface area contributed by atoms with E-state index in [4.69, 9.17) is 4.74 Å². The number of carbonyl (C=O) groups excluding carboxylic acids is 2. The molecule has 0 aliphatic carbocycles. The van der Waals surface area contributed by atoms with E-state index in [2.05, 4.69) is 0 Å². The molecule has 0 aromatic heterocycles. The average Bonchev–Trinajstić information content (AvgIpc) is 2.82. The summed E-state index contributed by atoms with van der Waals surface area (Å²) in [4.78, 5) is 25.4. The number of carbonyl (C=O) groups is 2. The summed E-state index contributed by atoms with van der Waals surface area (Å²) in [7, 11) is 0. The van der Waals surface area contributed by atoms with E-state index < -0.39 is 0 Å². The van der Waals surface area contributed by atoms with E-state index in [1.165, 1.54) is 0 Å². The summed E-state index contributed by atoms with van der Waals surface area (Å²) in [5.41, 5.74) is 0.844. The first-order chi connectivity index (χ1) is 9.22. The number of rotatable bonds is 5. The van der Waals surface area contributed by atoms with E-state index in [1.807, 2.05) is 37.3 Å². The number of ether oxygens (including phenoxy) is 1. The van der Waals surface area contributed by atoms with Crippen molar-refractivity contribution in [2.24, 2.45) is 5.92 Å². The van der Waals surface area contributed by atoms with Crippen LogP contribution in [-0.4, -0.2) is 25.0 Å². The molecule has 19 heavy (non-hydrogen) atoms.